The maximum atomic E-state index is 13.1. The highest BCUT2D eigenvalue weighted by molar-refractivity contribution is 5.14. The fourth-order valence-electron chi connectivity index (χ4n) is 2.64. The minimum Gasteiger partial charge on any atom is -0.292 e. The van der Waals surface area contributed by atoms with Gasteiger partial charge in [0.05, 0.1) is 25.2 Å². The van der Waals surface area contributed by atoms with E-state index in [1.165, 1.54) is 4.90 Å². The molecule has 1 aromatic rings. The zero-order valence-corrected chi connectivity index (χ0v) is 12.4. The van der Waals surface area contributed by atoms with E-state index in [0.29, 0.717) is 0 Å². The maximum absolute atomic E-state index is 13.1. The van der Waals surface area contributed by atoms with Crippen molar-refractivity contribution in [2.45, 2.75) is 44.1 Å². The Morgan fingerprint density at radius 2 is 2.05 bits per heavy atom. The molecule has 4 nitrogen and oxygen atoms in total. The van der Waals surface area contributed by atoms with Crippen LogP contribution in [0.3, 0.4) is 0 Å². The number of rotatable bonds is 6. The number of halogens is 4. The fourth-order valence-corrected chi connectivity index (χ4v) is 2.64. The molecule has 1 aromatic heterocycles. The molecule has 22 heavy (non-hydrogen) atoms. The van der Waals surface area contributed by atoms with E-state index >= 15 is 0 Å². The number of hydrogen-bond donors (Lipinski definition) is 0. The second-order valence-electron chi connectivity index (χ2n) is 6.14. The van der Waals surface area contributed by atoms with Crippen molar-refractivity contribution in [1.29, 1.82) is 5.26 Å². The number of nitriles is 1. The predicted octanol–water partition coefficient (Wildman–Crippen LogP) is 2.83. The summed E-state index contributed by atoms with van der Waals surface area (Å²) in [7, 11) is 0. The van der Waals surface area contributed by atoms with Gasteiger partial charge in [-0.05, 0) is 11.5 Å². The zero-order valence-electron chi connectivity index (χ0n) is 12.4. The third-order valence-electron chi connectivity index (χ3n) is 3.95. The molecule has 122 valence electrons. The van der Waals surface area contributed by atoms with Crippen LogP contribution < -0.4 is 0 Å². The summed E-state index contributed by atoms with van der Waals surface area (Å²) in [6, 6.07) is 2.03. The Labute approximate surface area is 126 Å². The highest BCUT2D eigenvalue weighted by atomic mass is 19.3. The summed E-state index contributed by atoms with van der Waals surface area (Å²) in [6.45, 7) is 3.21. The number of hydrogen-bond acceptors (Lipinski definition) is 3. The summed E-state index contributed by atoms with van der Waals surface area (Å²) in [5, 5.41) is 13.2. The second kappa shape index (κ2) is 5.88. The first kappa shape index (κ1) is 16.7. The minimum atomic E-state index is -4.04. The lowest BCUT2D eigenvalue weighted by atomic mass is 9.86. The van der Waals surface area contributed by atoms with Gasteiger partial charge in [0.1, 0.15) is 5.54 Å². The van der Waals surface area contributed by atoms with E-state index in [2.05, 4.69) is 5.10 Å². The molecule has 1 aliphatic rings. The van der Waals surface area contributed by atoms with Crippen molar-refractivity contribution in [1.82, 2.24) is 14.7 Å². The van der Waals surface area contributed by atoms with Crippen LogP contribution in [0.15, 0.2) is 12.4 Å². The molecule has 8 heteroatoms. The molecule has 0 radical (unpaired) electrons. The molecule has 1 fully saturated rings. The fraction of sp³-hybridized carbons (Fsp3) is 0.714. The lowest BCUT2D eigenvalue weighted by molar-refractivity contribution is -0.161. The molecule has 2 rings (SSSR count). The van der Waals surface area contributed by atoms with Gasteiger partial charge in [0.15, 0.2) is 0 Å². The molecule has 2 heterocycles. The van der Waals surface area contributed by atoms with Crippen LogP contribution in [0.1, 0.15) is 31.7 Å². The average molecular weight is 318 g/mol. The molecular formula is C14H18F4N4. The van der Waals surface area contributed by atoms with E-state index in [0.717, 1.165) is 5.56 Å². The van der Waals surface area contributed by atoms with Gasteiger partial charge in [-0.1, -0.05) is 13.8 Å². The Hall–Kier alpha value is -1.62. The van der Waals surface area contributed by atoms with Gasteiger partial charge in [0.2, 0.25) is 0 Å². The predicted molar refractivity (Wildman–Crippen MR) is 71.9 cm³/mol. The van der Waals surface area contributed by atoms with Crippen LogP contribution >= 0.6 is 0 Å². The van der Waals surface area contributed by atoms with E-state index in [-0.39, 0.29) is 25.4 Å². The first-order chi connectivity index (χ1) is 10.2. The van der Waals surface area contributed by atoms with Crippen LogP contribution in [0.4, 0.5) is 17.6 Å². The van der Waals surface area contributed by atoms with Crippen molar-refractivity contribution in [3.05, 3.63) is 18.0 Å². The average Bonchev–Trinajstić information content (AvgIpc) is 2.85. The van der Waals surface area contributed by atoms with Gasteiger partial charge in [-0.3, -0.25) is 9.58 Å². The zero-order chi connectivity index (χ0) is 16.5. The molecule has 0 aromatic carbocycles. The van der Waals surface area contributed by atoms with E-state index in [4.69, 9.17) is 5.26 Å². The second-order valence-corrected chi connectivity index (χ2v) is 6.14. The lowest BCUT2D eigenvalue weighted by Crippen LogP contribution is -2.65. The van der Waals surface area contributed by atoms with E-state index < -0.39 is 24.4 Å². The lowest BCUT2D eigenvalue weighted by Gasteiger charge is -2.49. The number of alkyl halides is 4. The van der Waals surface area contributed by atoms with Crippen LogP contribution in [0.25, 0.3) is 0 Å². The van der Waals surface area contributed by atoms with Crippen LogP contribution in [-0.2, 0) is 5.54 Å². The maximum Gasteiger partial charge on any atom is 0.319 e. The van der Waals surface area contributed by atoms with Crippen molar-refractivity contribution in [3.8, 4) is 6.07 Å². The monoisotopic (exact) mass is 318 g/mol. The summed E-state index contributed by atoms with van der Waals surface area (Å²) < 4.78 is 52.3. The molecule has 1 aliphatic heterocycles. The molecule has 0 atom stereocenters. The summed E-state index contributed by atoms with van der Waals surface area (Å²) in [5.74, 6) is -3.78. The van der Waals surface area contributed by atoms with Crippen molar-refractivity contribution in [2.75, 3.05) is 19.6 Å². The van der Waals surface area contributed by atoms with Gasteiger partial charge in [-0.15, -0.1) is 0 Å². The molecular weight excluding hydrogens is 300 g/mol. The van der Waals surface area contributed by atoms with Gasteiger partial charge in [-0.25, -0.2) is 8.78 Å². The first-order valence-electron chi connectivity index (χ1n) is 7.00. The Morgan fingerprint density at radius 1 is 1.41 bits per heavy atom. The van der Waals surface area contributed by atoms with Crippen molar-refractivity contribution >= 4 is 0 Å². The molecule has 0 bridgehead atoms. The Bertz CT molecular complexity index is 555. The van der Waals surface area contributed by atoms with Crippen molar-refractivity contribution < 1.29 is 17.6 Å². The molecule has 1 saturated heterocycles. The topological polar surface area (TPSA) is 44.9 Å². The van der Waals surface area contributed by atoms with Crippen LogP contribution in [0, 0.1) is 11.3 Å². The minimum absolute atomic E-state index is 0.100. The van der Waals surface area contributed by atoms with E-state index in [9.17, 15) is 17.6 Å². The van der Waals surface area contributed by atoms with Gasteiger partial charge in [0.25, 0.3) is 0 Å². The molecule has 0 saturated carbocycles. The smallest absolute Gasteiger partial charge is 0.292 e. The first-order valence-corrected chi connectivity index (χ1v) is 7.00. The Balaban J connectivity index is 2.09. The molecule has 0 aliphatic carbocycles. The summed E-state index contributed by atoms with van der Waals surface area (Å²) >= 11 is 0. The van der Waals surface area contributed by atoms with Crippen LogP contribution in [-0.4, -0.2) is 46.7 Å². The molecule has 0 N–H and O–H groups in total. The normalized spacial score (nSPS) is 18.5. The number of likely N-dealkylation sites (tertiary alicyclic amines) is 1. The number of nitrogens with zero attached hydrogens (tertiary/aromatic N) is 4. The van der Waals surface area contributed by atoms with Crippen molar-refractivity contribution in [2.24, 2.45) is 0 Å². The third kappa shape index (κ3) is 3.09. The third-order valence-corrected chi connectivity index (χ3v) is 3.95. The van der Waals surface area contributed by atoms with Gasteiger partial charge in [-0.2, -0.15) is 19.1 Å². The standard InChI is InChI=1S/C14H18F4N4/c1-10(2)11-5-20-22(6-11)13(3-4-19)7-21(8-13)9-14(17,18)12(15)16/h5-6,10,12H,3,7-9H2,1-2H3. The van der Waals surface area contributed by atoms with Crippen molar-refractivity contribution in [3.63, 3.8) is 0 Å². The van der Waals surface area contributed by atoms with Gasteiger partial charge < -0.3 is 0 Å². The van der Waals surface area contributed by atoms with E-state index in [1.54, 1.807) is 17.1 Å². The SMILES string of the molecule is CC(C)c1cnn(C2(CC#N)CN(CC(F)(F)C(F)F)C2)c1. The largest absolute Gasteiger partial charge is 0.319 e. The van der Waals surface area contributed by atoms with Crippen LogP contribution in [0.5, 0.6) is 0 Å². The highest BCUT2D eigenvalue weighted by Crippen LogP contribution is 2.35. The summed E-state index contributed by atoms with van der Waals surface area (Å²) in [5.41, 5.74) is 0.272. The molecule has 0 spiro atoms. The summed E-state index contributed by atoms with van der Waals surface area (Å²) in [6.07, 6.45) is -0.107. The summed E-state index contributed by atoms with van der Waals surface area (Å²) in [4.78, 5) is 1.24. The molecule has 0 unspecified atom stereocenters. The Kier molecular flexibility index (Phi) is 4.47. The van der Waals surface area contributed by atoms with Gasteiger partial charge >= 0.3 is 12.3 Å². The molecule has 0 amide bonds. The quantitative estimate of drug-likeness (QED) is 0.758. The highest BCUT2D eigenvalue weighted by Gasteiger charge is 2.51. The van der Waals surface area contributed by atoms with E-state index in [1.807, 2.05) is 19.9 Å². The van der Waals surface area contributed by atoms with Gasteiger partial charge in [0, 0.05) is 19.3 Å². The Morgan fingerprint density at radius 3 is 2.50 bits per heavy atom. The van der Waals surface area contributed by atoms with Crippen LogP contribution in [0.2, 0.25) is 0 Å². The number of aromatic nitrogens is 2.